The molecule has 128 valence electrons. The van der Waals surface area contributed by atoms with E-state index in [9.17, 15) is 5.11 Å². The number of nitrogens with zero attached hydrogens (tertiary/aromatic N) is 2. The lowest BCUT2D eigenvalue weighted by Crippen LogP contribution is -2.49. The lowest BCUT2D eigenvalue weighted by Gasteiger charge is -2.37. The molecule has 1 aliphatic rings. The monoisotopic (exact) mass is 344 g/mol. The van der Waals surface area contributed by atoms with E-state index >= 15 is 0 Å². The Morgan fingerprint density at radius 1 is 1.04 bits per heavy atom. The maximum atomic E-state index is 10.3. The quantitative estimate of drug-likeness (QED) is 0.900. The molecule has 2 aromatic carbocycles. The lowest BCUT2D eigenvalue weighted by atomic mass is 10.1. The highest BCUT2D eigenvalue weighted by molar-refractivity contribution is 6.30. The molecule has 3 nitrogen and oxygen atoms in total. The zero-order valence-electron chi connectivity index (χ0n) is 14.2. The van der Waals surface area contributed by atoms with Crippen molar-refractivity contribution in [2.75, 3.05) is 37.6 Å². The van der Waals surface area contributed by atoms with Crippen molar-refractivity contribution >= 4 is 17.3 Å². The normalized spacial score (nSPS) is 17.0. The Kier molecular flexibility index (Phi) is 5.77. The highest BCUT2D eigenvalue weighted by Crippen LogP contribution is 2.25. The molecule has 2 aromatic rings. The molecule has 1 heterocycles. The van der Waals surface area contributed by atoms with Crippen molar-refractivity contribution < 1.29 is 5.11 Å². The van der Waals surface area contributed by atoms with Crippen molar-refractivity contribution in [3.05, 3.63) is 64.7 Å². The van der Waals surface area contributed by atoms with Crippen molar-refractivity contribution in [2.24, 2.45) is 0 Å². The molecule has 1 N–H and O–H groups in total. The molecular formula is C20H25ClN2O. The molecule has 1 saturated heterocycles. The first-order valence-corrected chi connectivity index (χ1v) is 8.95. The molecule has 1 fully saturated rings. The zero-order chi connectivity index (χ0) is 16.9. The summed E-state index contributed by atoms with van der Waals surface area (Å²) in [6.45, 7) is 6.74. The van der Waals surface area contributed by atoms with Gasteiger partial charge in [0.1, 0.15) is 0 Å². The van der Waals surface area contributed by atoms with Gasteiger partial charge in [0.15, 0.2) is 0 Å². The van der Waals surface area contributed by atoms with E-state index in [-0.39, 0.29) is 6.10 Å². The summed E-state index contributed by atoms with van der Waals surface area (Å²) in [6.07, 6.45) is 0.404. The predicted octanol–water partition coefficient (Wildman–Crippen LogP) is 3.37. The maximum absolute atomic E-state index is 10.3. The molecule has 0 aliphatic carbocycles. The van der Waals surface area contributed by atoms with Gasteiger partial charge in [0.2, 0.25) is 0 Å². The number of benzene rings is 2. The molecule has 0 amide bonds. The molecule has 0 aromatic heterocycles. The fraction of sp³-hybridized carbons (Fsp3) is 0.400. The van der Waals surface area contributed by atoms with Gasteiger partial charge in [0.05, 0.1) is 6.10 Å². The summed E-state index contributed by atoms with van der Waals surface area (Å²) < 4.78 is 0. The second kappa shape index (κ2) is 8.02. The van der Waals surface area contributed by atoms with Crippen molar-refractivity contribution in [3.63, 3.8) is 0 Å². The van der Waals surface area contributed by atoms with Crippen LogP contribution in [0, 0.1) is 6.92 Å². The van der Waals surface area contributed by atoms with Gasteiger partial charge in [-0.1, -0.05) is 48.0 Å². The Labute approximate surface area is 149 Å². The van der Waals surface area contributed by atoms with Crippen LogP contribution in [0.4, 0.5) is 5.69 Å². The molecule has 0 bridgehead atoms. The smallest absolute Gasteiger partial charge is 0.0707 e. The Hall–Kier alpha value is -1.55. The summed E-state index contributed by atoms with van der Waals surface area (Å²) in [7, 11) is 0. The molecule has 1 unspecified atom stereocenters. The highest BCUT2D eigenvalue weighted by Gasteiger charge is 2.20. The molecule has 4 heteroatoms. The van der Waals surface area contributed by atoms with E-state index in [0.29, 0.717) is 6.42 Å². The SMILES string of the molecule is Cc1ccc(Cl)cc1N1CCN(CC(O)Cc2ccccc2)CC1. The van der Waals surface area contributed by atoms with Crippen LogP contribution in [-0.2, 0) is 6.42 Å². The summed E-state index contributed by atoms with van der Waals surface area (Å²) in [5, 5.41) is 11.1. The van der Waals surface area contributed by atoms with Crippen LogP contribution in [0.1, 0.15) is 11.1 Å². The number of piperazine rings is 1. The summed E-state index contributed by atoms with van der Waals surface area (Å²) in [6, 6.07) is 16.3. The van der Waals surface area contributed by atoms with E-state index in [2.05, 4.69) is 41.0 Å². The Bertz CT molecular complexity index is 654. The number of aliphatic hydroxyl groups is 1. The van der Waals surface area contributed by atoms with Gasteiger partial charge in [0, 0.05) is 43.4 Å². The summed E-state index contributed by atoms with van der Waals surface area (Å²) >= 11 is 6.14. The summed E-state index contributed by atoms with van der Waals surface area (Å²) in [5.74, 6) is 0. The number of β-amino-alcohol motifs (C(OH)–C–C–N with tert-alkyl or cyclic N) is 1. The van der Waals surface area contributed by atoms with Crippen LogP contribution in [0.3, 0.4) is 0 Å². The molecule has 0 spiro atoms. The Balaban J connectivity index is 1.51. The van der Waals surface area contributed by atoms with Gasteiger partial charge in [-0.15, -0.1) is 0 Å². The van der Waals surface area contributed by atoms with Crippen LogP contribution in [0.5, 0.6) is 0 Å². The summed E-state index contributed by atoms with van der Waals surface area (Å²) in [4.78, 5) is 4.74. The number of hydrogen-bond acceptors (Lipinski definition) is 3. The number of aliphatic hydroxyl groups excluding tert-OH is 1. The van der Waals surface area contributed by atoms with Gasteiger partial charge in [-0.25, -0.2) is 0 Å². The van der Waals surface area contributed by atoms with E-state index in [0.717, 1.165) is 37.7 Å². The number of aryl methyl sites for hydroxylation is 1. The standard InChI is InChI=1S/C20H25ClN2O/c1-16-7-8-18(21)14-20(16)23-11-9-22(10-12-23)15-19(24)13-17-5-3-2-4-6-17/h2-8,14,19,24H,9-13,15H2,1H3. The minimum absolute atomic E-state index is 0.313. The first-order valence-electron chi connectivity index (χ1n) is 8.57. The van der Waals surface area contributed by atoms with Gasteiger partial charge in [-0.05, 0) is 36.6 Å². The maximum Gasteiger partial charge on any atom is 0.0707 e. The lowest BCUT2D eigenvalue weighted by molar-refractivity contribution is 0.109. The summed E-state index contributed by atoms with van der Waals surface area (Å²) in [5.41, 5.74) is 3.68. The molecule has 24 heavy (non-hydrogen) atoms. The second-order valence-corrected chi connectivity index (χ2v) is 7.00. The fourth-order valence-electron chi connectivity index (χ4n) is 3.34. The molecule has 1 aliphatic heterocycles. The first-order chi connectivity index (χ1) is 11.6. The second-order valence-electron chi connectivity index (χ2n) is 6.56. The van der Waals surface area contributed by atoms with Crippen LogP contribution in [-0.4, -0.2) is 48.8 Å². The average molecular weight is 345 g/mol. The van der Waals surface area contributed by atoms with Crippen LogP contribution in [0.25, 0.3) is 0 Å². The zero-order valence-corrected chi connectivity index (χ0v) is 14.9. The van der Waals surface area contributed by atoms with Gasteiger partial charge in [-0.2, -0.15) is 0 Å². The van der Waals surface area contributed by atoms with Gasteiger partial charge >= 0.3 is 0 Å². The number of halogens is 1. The predicted molar refractivity (Wildman–Crippen MR) is 101 cm³/mol. The Morgan fingerprint density at radius 3 is 2.46 bits per heavy atom. The highest BCUT2D eigenvalue weighted by atomic mass is 35.5. The molecular weight excluding hydrogens is 320 g/mol. The van der Waals surface area contributed by atoms with E-state index in [4.69, 9.17) is 11.6 Å². The van der Waals surface area contributed by atoms with Crippen molar-refractivity contribution in [2.45, 2.75) is 19.4 Å². The van der Waals surface area contributed by atoms with Gasteiger partial charge in [0.25, 0.3) is 0 Å². The van der Waals surface area contributed by atoms with E-state index in [1.165, 1.54) is 16.8 Å². The van der Waals surface area contributed by atoms with E-state index in [1.807, 2.05) is 24.3 Å². The number of hydrogen-bond donors (Lipinski definition) is 1. The van der Waals surface area contributed by atoms with E-state index < -0.39 is 0 Å². The van der Waals surface area contributed by atoms with Crippen LogP contribution in [0.15, 0.2) is 48.5 Å². The number of anilines is 1. The largest absolute Gasteiger partial charge is 0.391 e. The fourth-order valence-corrected chi connectivity index (χ4v) is 3.51. The van der Waals surface area contributed by atoms with Crippen LogP contribution < -0.4 is 4.90 Å². The van der Waals surface area contributed by atoms with E-state index in [1.54, 1.807) is 0 Å². The van der Waals surface area contributed by atoms with Crippen LogP contribution >= 0.6 is 11.6 Å². The van der Waals surface area contributed by atoms with Gasteiger partial charge < -0.3 is 10.0 Å². The molecule has 3 rings (SSSR count). The third kappa shape index (κ3) is 4.50. The van der Waals surface area contributed by atoms with Crippen LogP contribution in [0.2, 0.25) is 5.02 Å². The first kappa shape index (κ1) is 17.3. The third-order valence-electron chi connectivity index (χ3n) is 4.67. The molecule has 0 radical (unpaired) electrons. The molecule has 1 atom stereocenters. The minimum Gasteiger partial charge on any atom is -0.391 e. The molecule has 0 saturated carbocycles. The van der Waals surface area contributed by atoms with Crippen molar-refractivity contribution in [1.29, 1.82) is 0 Å². The third-order valence-corrected chi connectivity index (χ3v) is 4.90. The Morgan fingerprint density at radius 2 is 1.75 bits per heavy atom. The van der Waals surface area contributed by atoms with Crippen molar-refractivity contribution in [1.82, 2.24) is 4.90 Å². The number of rotatable bonds is 5. The minimum atomic E-state index is -0.313. The average Bonchev–Trinajstić information content (AvgIpc) is 2.59. The van der Waals surface area contributed by atoms with Crippen molar-refractivity contribution in [3.8, 4) is 0 Å². The van der Waals surface area contributed by atoms with Gasteiger partial charge in [-0.3, -0.25) is 4.90 Å². The topological polar surface area (TPSA) is 26.7 Å².